The topological polar surface area (TPSA) is 87.7 Å². The van der Waals surface area contributed by atoms with Crippen LogP contribution in [-0.4, -0.2) is 51.1 Å². The Bertz CT molecular complexity index is 422. The van der Waals surface area contributed by atoms with Crippen molar-refractivity contribution in [3.63, 3.8) is 0 Å². The van der Waals surface area contributed by atoms with E-state index in [1.807, 2.05) is 20.8 Å². The highest BCUT2D eigenvalue weighted by Gasteiger charge is 2.27. The summed E-state index contributed by atoms with van der Waals surface area (Å²) in [5.74, 6) is 0.283. The zero-order valence-electron chi connectivity index (χ0n) is 12.6. The Morgan fingerprint density at radius 2 is 1.85 bits per heavy atom. The molecule has 0 unspecified atom stereocenters. The third kappa shape index (κ3) is 5.64. The molecule has 0 radical (unpaired) electrons. The molecule has 118 valence electrons. The molecular weight excluding hydrogens is 282 g/mol. The summed E-state index contributed by atoms with van der Waals surface area (Å²) in [6.45, 7) is 6.91. The Balaban J connectivity index is 2.32. The zero-order chi connectivity index (χ0) is 15.4. The van der Waals surface area contributed by atoms with E-state index in [0.717, 1.165) is 12.8 Å². The van der Waals surface area contributed by atoms with Crippen LogP contribution in [0.15, 0.2) is 0 Å². The van der Waals surface area contributed by atoms with Crippen LogP contribution in [0, 0.1) is 5.92 Å². The van der Waals surface area contributed by atoms with Crippen molar-refractivity contribution in [2.24, 2.45) is 5.92 Å². The number of hydrogen-bond donors (Lipinski definition) is 2. The van der Waals surface area contributed by atoms with Crippen molar-refractivity contribution < 1.29 is 17.9 Å². The second-order valence-electron chi connectivity index (χ2n) is 5.93. The number of rotatable bonds is 4. The van der Waals surface area contributed by atoms with Crippen molar-refractivity contribution in [1.82, 2.24) is 14.3 Å². The first kappa shape index (κ1) is 17.2. The van der Waals surface area contributed by atoms with Gasteiger partial charge in [0.25, 0.3) is 10.2 Å². The first-order chi connectivity index (χ1) is 9.14. The van der Waals surface area contributed by atoms with Crippen LogP contribution in [0.2, 0.25) is 0 Å². The van der Waals surface area contributed by atoms with Crippen molar-refractivity contribution in [2.45, 2.75) is 39.2 Å². The summed E-state index contributed by atoms with van der Waals surface area (Å²) in [5, 5.41) is 2.73. The SMILES string of the molecule is CNS(=O)(=O)N1CCC(CNC(=O)OC(C)(C)C)CC1. The fourth-order valence-corrected chi connectivity index (χ4v) is 2.97. The van der Waals surface area contributed by atoms with E-state index in [1.165, 1.54) is 11.4 Å². The Morgan fingerprint density at radius 3 is 2.30 bits per heavy atom. The maximum Gasteiger partial charge on any atom is 0.407 e. The quantitative estimate of drug-likeness (QED) is 0.800. The van der Waals surface area contributed by atoms with E-state index >= 15 is 0 Å². The molecule has 0 aromatic carbocycles. The summed E-state index contributed by atoms with van der Waals surface area (Å²) in [5.41, 5.74) is -0.506. The summed E-state index contributed by atoms with van der Waals surface area (Å²) >= 11 is 0. The van der Waals surface area contributed by atoms with Crippen LogP contribution in [0.5, 0.6) is 0 Å². The molecular formula is C12H25N3O4S. The number of nitrogens with zero attached hydrogens (tertiary/aromatic N) is 1. The first-order valence-corrected chi connectivity index (χ1v) is 8.23. The zero-order valence-corrected chi connectivity index (χ0v) is 13.4. The molecule has 0 aromatic rings. The molecule has 7 nitrogen and oxygen atoms in total. The molecule has 0 atom stereocenters. The minimum Gasteiger partial charge on any atom is -0.444 e. The van der Waals surface area contributed by atoms with Gasteiger partial charge < -0.3 is 10.1 Å². The number of carbonyl (C=O) groups excluding carboxylic acids is 1. The highest BCUT2D eigenvalue weighted by molar-refractivity contribution is 7.87. The molecule has 20 heavy (non-hydrogen) atoms. The maximum absolute atomic E-state index is 11.6. The fraction of sp³-hybridized carbons (Fsp3) is 0.917. The van der Waals surface area contributed by atoms with Crippen LogP contribution in [-0.2, 0) is 14.9 Å². The molecule has 0 aliphatic carbocycles. The summed E-state index contributed by atoms with van der Waals surface area (Å²) in [6.07, 6.45) is 1.04. The van der Waals surface area contributed by atoms with Gasteiger partial charge in [-0.15, -0.1) is 0 Å². The van der Waals surface area contributed by atoms with Crippen LogP contribution in [0.1, 0.15) is 33.6 Å². The summed E-state index contributed by atoms with van der Waals surface area (Å²) < 4.78 is 32.1. The normalized spacial score (nSPS) is 18.8. The first-order valence-electron chi connectivity index (χ1n) is 6.79. The lowest BCUT2D eigenvalue weighted by Gasteiger charge is -2.31. The molecule has 1 rings (SSSR count). The molecule has 1 aliphatic rings. The number of carbonyl (C=O) groups is 1. The molecule has 8 heteroatoms. The lowest BCUT2D eigenvalue weighted by molar-refractivity contribution is 0.0513. The fourth-order valence-electron chi connectivity index (χ4n) is 2.02. The maximum atomic E-state index is 11.6. The van der Waals surface area contributed by atoms with Crippen molar-refractivity contribution >= 4 is 16.3 Å². The molecule has 1 aliphatic heterocycles. The van der Waals surface area contributed by atoms with Gasteiger partial charge in [0.05, 0.1) is 0 Å². The lowest BCUT2D eigenvalue weighted by Crippen LogP contribution is -2.45. The van der Waals surface area contributed by atoms with E-state index in [9.17, 15) is 13.2 Å². The van der Waals surface area contributed by atoms with Crippen LogP contribution >= 0.6 is 0 Å². The summed E-state index contributed by atoms with van der Waals surface area (Å²) in [7, 11) is -1.92. The molecule has 0 aromatic heterocycles. The van der Waals surface area contributed by atoms with E-state index in [4.69, 9.17) is 4.74 Å². The van der Waals surface area contributed by atoms with Gasteiger partial charge in [-0.05, 0) is 39.5 Å². The standard InChI is InChI=1S/C12H25N3O4S/c1-12(2,3)19-11(16)14-9-10-5-7-15(8-6-10)20(17,18)13-4/h10,13H,5-9H2,1-4H3,(H,14,16). The highest BCUT2D eigenvalue weighted by atomic mass is 32.2. The van der Waals surface area contributed by atoms with E-state index in [2.05, 4.69) is 10.0 Å². The van der Waals surface area contributed by atoms with Gasteiger partial charge in [0.1, 0.15) is 5.60 Å². The number of ether oxygens (including phenoxy) is 1. The largest absolute Gasteiger partial charge is 0.444 e. The second-order valence-corrected chi connectivity index (χ2v) is 7.81. The monoisotopic (exact) mass is 307 g/mol. The van der Waals surface area contributed by atoms with E-state index < -0.39 is 21.9 Å². The van der Waals surface area contributed by atoms with Crippen molar-refractivity contribution in [3.8, 4) is 0 Å². The number of hydrogen-bond acceptors (Lipinski definition) is 4. The van der Waals surface area contributed by atoms with Crippen LogP contribution in [0.3, 0.4) is 0 Å². The minimum absolute atomic E-state index is 0.283. The number of nitrogens with one attached hydrogen (secondary N) is 2. The lowest BCUT2D eigenvalue weighted by atomic mass is 9.98. The van der Waals surface area contributed by atoms with Gasteiger partial charge in [0.15, 0.2) is 0 Å². The number of amides is 1. The molecule has 1 saturated heterocycles. The van der Waals surface area contributed by atoms with Gasteiger partial charge in [0.2, 0.25) is 0 Å². The van der Waals surface area contributed by atoms with Crippen LogP contribution in [0.4, 0.5) is 4.79 Å². The van der Waals surface area contributed by atoms with Crippen molar-refractivity contribution in [1.29, 1.82) is 0 Å². The number of piperidine rings is 1. The Kier molecular flexibility index (Phi) is 5.79. The van der Waals surface area contributed by atoms with Gasteiger partial charge >= 0.3 is 6.09 Å². The van der Waals surface area contributed by atoms with Gasteiger partial charge in [-0.25, -0.2) is 9.52 Å². The summed E-state index contributed by atoms with van der Waals surface area (Å²) in [4.78, 5) is 11.5. The molecule has 1 amide bonds. The Hall–Kier alpha value is -0.860. The minimum atomic E-state index is -3.33. The highest BCUT2D eigenvalue weighted by Crippen LogP contribution is 2.18. The predicted molar refractivity (Wildman–Crippen MR) is 76.5 cm³/mol. The molecule has 0 spiro atoms. The number of alkyl carbamates (subject to hydrolysis) is 1. The van der Waals surface area contributed by atoms with Gasteiger partial charge in [0, 0.05) is 26.7 Å². The molecule has 2 N–H and O–H groups in total. The van der Waals surface area contributed by atoms with Crippen LogP contribution in [0.25, 0.3) is 0 Å². The molecule has 1 fully saturated rings. The molecule has 1 heterocycles. The van der Waals surface area contributed by atoms with Crippen molar-refractivity contribution in [3.05, 3.63) is 0 Å². The van der Waals surface area contributed by atoms with E-state index in [-0.39, 0.29) is 5.92 Å². The van der Waals surface area contributed by atoms with E-state index in [0.29, 0.717) is 19.6 Å². The summed E-state index contributed by atoms with van der Waals surface area (Å²) in [6, 6.07) is 0. The average Bonchev–Trinajstić information content (AvgIpc) is 2.35. The Labute approximate surface area is 121 Å². The van der Waals surface area contributed by atoms with Crippen LogP contribution < -0.4 is 10.0 Å². The third-order valence-corrected chi connectivity index (χ3v) is 4.67. The average molecular weight is 307 g/mol. The van der Waals surface area contributed by atoms with Gasteiger partial charge in [-0.2, -0.15) is 12.7 Å². The third-order valence-electron chi connectivity index (χ3n) is 3.11. The van der Waals surface area contributed by atoms with Crippen molar-refractivity contribution in [2.75, 3.05) is 26.7 Å². The van der Waals surface area contributed by atoms with Gasteiger partial charge in [-0.1, -0.05) is 0 Å². The van der Waals surface area contributed by atoms with Gasteiger partial charge in [-0.3, -0.25) is 0 Å². The van der Waals surface area contributed by atoms with E-state index in [1.54, 1.807) is 0 Å². The molecule has 0 bridgehead atoms. The molecule has 0 saturated carbocycles. The second kappa shape index (κ2) is 6.73. The smallest absolute Gasteiger partial charge is 0.407 e. The Morgan fingerprint density at radius 1 is 1.30 bits per heavy atom. The predicted octanol–water partition coefficient (Wildman–Crippen LogP) is 0.687.